The van der Waals surface area contributed by atoms with Crippen LogP contribution in [0, 0.1) is 23.7 Å². The summed E-state index contributed by atoms with van der Waals surface area (Å²) in [7, 11) is 1.54. The van der Waals surface area contributed by atoms with Gasteiger partial charge < -0.3 is 25.8 Å². The maximum Gasteiger partial charge on any atom is 0.306 e. The monoisotopic (exact) mass is 637 g/mol. The van der Waals surface area contributed by atoms with Crippen LogP contribution in [-0.4, -0.2) is 55.0 Å². The van der Waals surface area contributed by atoms with Gasteiger partial charge in [-0.3, -0.25) is 28.8 Å². The van der Waals surface area contributed by atoms with Crippen molar-refractivity contribution in [3.8, 4) is 5.75 Å². The first-order valence-electron chi connectivity index (χ1n) is 15.6. The fraction of sp³-hybridized carbons (Fsp3) is 0.486. The largest absolute Gasteiger partial charge is 0.497 e. The van der Waals surface area contributed by atoms with Gasteiger partial charge in [-0.25, -0.2) is 0 Å². The van der Waals surface area contributed by atoms with Crippen molar-refractivity contribution in [3.05, 3.63) is 65.7 Å². The summed E-state index contributed by atoms with van der Waals surface area (Å²) in [5, 5.41) is 5.02. The molecule has 11 heteroatoms. The fourth-order valence-electron chi connectivity index (χ4n) is 4.90. The van der Waals surface area contributed by atoms with Gasteiger partial charge in [0.15, 0.2) is 5.78 Å². The quantitative estimate of drug-likeness (QED) is 0.147. The van der Waals surface area contributed by atoms with Gasteiger partial charge in [0.2, 0.25) is 17.6 Å². The molecule has 2 rings (SSSR count). The first-order chi connectivity index (χ1) is 21.8. The average Bonchev–Trinajstić information content (AvgIpc) is 3.04. The Balaban J connectivity index is 2.00. The number of primary amides is 1. The number of nitrogens with one attached hydrogen (secondary N) is 2. The summed E-state index contributed by atoms with van der Waals surface area (Å²) in [4.78, 5) is 76.8. The van der Waals surface area contributed by atoms with E-state index in [1.165, 1.54) is 7.11 Å². The summed E-state index contributed by atoms with van der Waals surface area (Å²) in [6.07, 6.45) is 0.654. The van der Waals surface area contributed by atoms with E-state index in [1.54, 1.807) is 31.2 Å². The van der Waals surface area contributed by atoms with Crippen LogP contribution in [0.4, 0.5) is 0 Å². The molecule has 0 heterocycles. The second-order valence-corrected chi connectivity index (χ2v) is 12.0. The minimum Gasteiger partial charge on any atom is -0.497 e. The molecule has 1 unspecified atom stereocenters. The van der Waals surface area contributed by atoms with Crippen LogP contribution in [0.2, 0.25) is 0 Å². The number of ketones is 2. The van der Waals surface area contributed by atoms with Crippen LogP contribution in [-0.2, 0) is 46.5 Å². The number of amides is 3. The topological polar surface area (TPSA) is 171 Å². The Bertz CT molecular complexity index is 1330. The van der Waals surface area contributed by atoms with Gasteiger partial charge in [-0.05, 0) is 47.9 Å². The first-order valence-corrected chi connectivity index (χ1v) is 15.6. The highest BCUT2D eigenvalue weighted by atomic mass is 16.5. The molecule has 0 aliphatic rings. The smallest absolute Gasteiger partial charge is 0.306 e. The van der Waals surface area contributed by atoms with E-state index in [0.717, 1.165) is 11.1 Å². The number of nitrogens with two attached hydrogens (primary N) is 1. The number of carbonyl (C=O) groups excluding carboxylic acids is 6. The Kier molecular flexibility index (Phi) is 15.6. The number of hydrogen-bond donors (Lipinski definition) is 3. The van der Waals surface area contributed by atoms with Crippen molar-refractivity contribution in [2.45, 2.75) is 72.4 Å². The van der Waals surface area contributed by atoms with Crippen LogP contribution < -0.4 is 21.1 Å². The summed E-state index contributed by atoms with van der Waals surface area (Å²) in [6, 6.07) is 15.0. The van der Waals surface area contributed by atoms with Crippen molar-refractivity contribution in [1.29, 1.82) is 0 Å². The van der Waals surface area contributed by atoms with Crippen molar-refractivity contribution in [3.63, 3.8) is 0 Å². The lowest BCUT2D eigenvalue weighted by Crippen LogP contribution is -2.52. The lowest BCUT2D eigenvalue weighted by atomic mass is 9.90. The summed E-state index contributed by atoms with van der Waals surface area (Å²) in [5.41, 5.74) is 7.13. The molecule has 46 heavy (non-hydrogen) atoms. The molecule has 0 saturated carbocycles. The maximum atomic E-state index is 13.4. The summed E-state index contributed by atoms with van der Waals surface area (Å²) in [5.74, 6) is -5.44. The van der Waals surface area contributed by atoms with Crippen LogP contribution in [0.15, 0.2) is 54.6 Å². The van der Waals surface area contributed by atoms with Gasteiger partial charge in [-0.2, -0.15) is 0 Å². The number of rotatable bonds is 20. The maximum absolute atomic E-state index is 13.4. The molecule has 0 radical (unpaired) electrons. The van der Waals surface area contributed by atoms with Gasteiger partial charge >= 0.3 is 5.97 Å². The van der Waals surface area contributed by atoms with Gasteiger partial charge in [-0.1, -0.05) is 76.6 Å². The Morgan fingerprint density at radius 3 is 2.07 bits per heavy atom. The number of hydrogen-bond acceptors (Lipinski definition) is 8. The van der Waals surface area contributed by atoms with E-state index in [-0.39, 0.29) is 31.8 Å². The van der Waals surface area contributed by atoms with Crippen molar-refractivity contribution in [1.82, 2.24) is 10.6 Å². The average molecular weight is 638 g/mol. The third-order valence-corrected chi connectivity index (χ3v) is 7.76. The molecule has 0 aromatic heterocycles. The van der Waals surface area contributed by atoms with Crippen LogP contribution in [0.5, 0.6) is 5.75 Å². The molecule has 2 aromatic carbocycles. The molecule has 0 aliphatic carbocycles. The van der Waals surface area contributed by atoms with Gasteiger partial charge in [0.05, 0.1) is 26.1 Å². The second-order valence-electron chi connectivity index (χ2n) is 12.0. The Hall–Kier alpha value is -4.54. The number of Topliss-reactive ketones (excluding diaryl/α,β-unsaturated/α-hetero) is 2. The first kappa shape index (κ1) is 37.6. The molecule has 11 nitrogen and oxygen atoms in total. The second kappa shape index (κ2) is 19.1. The van der Waals surface area contributed by atoms with E-state index in [4.69, 9.17) is 15.2 Å². The molecule has 0 bridgehead atoms. The number of carbonyl (C=O) groups is 6. The highest BCUT2D eigenvalue weighted by Gasteiger charge is 2.34. The van der Waals surface area contributed by atoms with Crippen molar-refractivity contribution < 1.29 is 38.2 Å². The Labute approximate surface area is 271 Å². The standard InChI is InChI=1S/C35H47N3O8/c1-6-23(4)31(38-34(43)27(16-22(2)3)19-30(40)46-21-25-10-8-7-9-11-25)32(41)35(44)37-20-28(39)18-26(33(36)42)17-24-12-14-29(45-5)15-13-24/h7-15,22-23,26-27,31H,6,16-21H2,1-5H3,(H2,36,42)(H,37,44)(H,38,43)/t23-,26+,27+,31?/m0/s1. The lowest BCUT2D eigenvalue weighted by Gasteiger charge is -2.26. The molecule has 0 aliphatic heterocycles. The van der Waals surface area contributed by atoms with Gasteiger partial charge in [-0.15, -0.1) is 0 Å². The molecular formula is C35H47N3O8. The molecule has 3 amide bonds. The van der Waals surface area contributed by atoms with Crippen molar-refractivity contribution in [2.24, 2.45) is 29.4 Å². The third-order valence-electron chi connectivity index (χ3n) is 7.76. The number of ether oxygens (including phenoxy) is 2. The van der Waals surface area contributed by atoms with E-state index in [9.17, 15) is 28.8 Å². The molecule has 0 saturated heterocycles. The van der Waals surface area contributed by atoms with Gasteiger partial charge in [0.1, 0.15) is 12.4 Å². The predicted molar refractivity (Wildman–Crippen MR) is 172 cm³/mol. The number of methoxy groups -OCH3 is 1. The minimum atomic E-state index is -1.17. The van der Waals surface area contributed by atoms with E-state index in [0.29, 0.717) is 18.6 Å². The highest BCUT2D eigenvalue weighted by molar-refractivity contribution is 6.38. The Morgan fingerprint density at radius 2 is 1.50 bits per heavy atom. The van der Waals surface area contributed by atoms with Crippen LogP contribution in [0.1, 0.15) is 64.5 Å². The summed E-state index contributed by atoms with van der Waals surface area (Å²) in [6.45, 7) is 6.96. The Morgan fingerprint density at radius 1 is 0.848 bits per heavy atom. The van der Waals surface area contributed by atoms with E-state index in [2.05, 4.69) is 10.6 Å². The van der Waals surface area contributed by atoms with Crippen LogP contribution in [0.25, 0.3) is 0 Å². The lowest BCUT2D eigenvalue weighted by molar-refractivity contribution is -0.149. The molecule has 4 N–H and O–H groups in total. The van der Waals surface area contributed by atoms with Gasteiger partial charge in [0, 0.05) is 18.3 Å². The highest BCUT2D eigenvalue weighted by Crippen LogP contribution is 2.20. The number of benzene rings is 2. The van der Waals surface area contributed by atoms with Crippen molar-refractivity contribution in [2.75, 3.05) is 13.7 Å². The normalized spacial score (nSPS) is 13.5. The molecule has 250 valence electrons. The minimum absolute atomic E-state index is 0.0682. The zero-order valence-electron chi connectivity index (χ0n) is 27.4. The molecular weight excluding hydrogens is 590 g/mol. The fourth-order valence-corrected chi connectivity index (χ4v) is 4.90. The summed E-state index contributed by atoms with van der Waals surface area (Å²) >= 11 is 0. The third kappa shape index (κ3) is 12.8. The van der Waals surface area contributed by atoms with E-state index >= 15 is 0 Å². The van der Waals surface area contributed by atoms with Crippen LogP contribution in [0.3, 0.4) is 0 Å². The summed E-state index contributed by atoms with van der Waals surface area (Å²) < 4.78 is 10.5. The molecule has 0 fully saturated rings. The van der Waals surface area contributed by atoms with Crippen LogP contribution >= 0.6 is 0 Å². The number of esters is 1. The van der Waals surface area contributed by atoms with E-state index in [1.807, 2.05) is 51.1 Å². The SMILES string of the molecule is CC[C@H](C)C(NC(=O)[C@@H](CC(=O)OCc1ccccc1)CC(C)C)C(=O)C(=O)NCC(=O)C[C@@H](Cc1ccc(OC)cc1)C(N)=O. The molecule has 4 atom stereocenters. The van der Waals surface area contributed by atoms with Crippen molar-refractivity contribution >= 4 is 35.3 Å². The zero-order valence-corrected chi connectivity index (χ0v) is 27.4. The zero-order chi connectivity index (χ0) is 34.2. The molecule has 0 spiro atoms. The predicted octanol–water partition coefficient (Wildman–Crippen LogP) is 3.31. The van der Waals surface area contributed by atoms with Gasteiger partial charge in [0.25, 0.3) is 5.91 Å². The molecule has 2 aromatic rings. The van der Waals surface area contributed by atoms with E-state index < -0.39 is 65.6 Å².